The van der Waals surface area contributed by atoms with Crippen LogP contribution in [-0.4, -0.2) is 22.7 Å². The molecule has 1 aromatic rings. The molecule has 1 aromatic heterocycles. The lowest BCUT2D eigenvalue weighted by molar-refractivity contribution is -0.0500. The molecule has 0 aliphatic carbocycles. The summed E-state index contributed by atoms with van der Waals surface area (Å²) in [6, 6.07) is 2.04. The summed E-state index contributed by atoms with van der Waals surface area (Å²) in [6.07, 6.45) is 0. The summed E-state index contributed by atoms with van der Waals surface area (Å²) >= 11 is 5.38. The maximum atomic E-state index is 11.7. The van der Waals surface area contributed by atoms with Gasteiger partial charge in [0.15, 0.2) is 10.9 Å². The van der Waals surface area contributed by atoms with E-state index in [4.69, 9.17) is 16.7 Å². The minimum absolute atomic E-state index is 0.336. The SMILES string of the molecule is O=C(O)c1ccc(OC(F)F)c(Cl)n1. The van der Waals surface area contributed by atoms with Crippen LogP contribution in [0.4, 0.5) is 8.78 Å². The van der Waals surface area contributed by atoms with Gasteiger partial charge < -0.3 is 9.84 Å². The van der Waals surface area contributed by atoms with E-state index in [1.54, 1.807) is 0 Å². The maximum Gasteiger partial charge on any atom is 0.387 e. The lowest BCUT2D eigenvalue weighted by Gasteiger charge is -2.05. The number of carbonyl (C=O) groups is 1. The maximum absolute atomic E-state index is 11.7. The number of halogens is 3. The van der Waals surface area contributed by atoms with E-state index in [1.807, 2.05) is 0 Å². The van der Waals surface area contributed by atoms with Gasteiger partial charge in [0.25, 0.3) is 0 Å². The summed E-state index contributed by atoms with van der Waals surface area (Å²) in [7, 11) is 0. The number of carboxylic acids is 1. The van der Waals surface area contributed by atoms with Crippen LogP contribution >= 0.6 is 11.6 Å². The second-order valence-corrected chi connectivity index (χ2v) is 2.53. The third-order valence-corrected chi connectivity index (χ3v) is 1.52. The van der Waals surface area contributed by atoms with Crippen molar-refractivity contribution in [2.45, 2.75) is 6.61 Å². The molecule has 0 fully saturated rings. The summed E-state index contributed by atoms with van der Waals surface area (Å²) in [4.78, 5) is 13.7. The molecule has 0 amide bonds. The zero-order valence-corrected chi connectivity index (χ0v) is 7.33. The van der Waals surface area contributed by atoms with E-state index in [1.165, 1.54) is 0 Å². The minimum atomic E-state index is -3.02. The first-order chi connectivity index (χ1) is 6.50. The molecular weight excluding hydrogens is 220 g/mol. The number of aromatic carboxylic acids is 1. The third-order valence-electron chi connectivity index (χ3n) is 1.25. The van der Waals surface area contributed by atoms with E-state index in [-0.39, 0.29) is 11.4 Å². The molecule has 4 nitrogen and oxygen atoms in total. The quantitative estimate of drug-likeness (QED) is 0.797. The number of nitrogens with zero attached hydrogens (tertiary/aromatic N) is 1. The molecule has 1 rings (SSSR count). The van der Waals surface area contributed by atoms with Gasteiger partial charge >= 0.3 is 12.6 Å². The molecule has 14 heavy (non-hydrogen) atoms. The van der Waals surface area contributed by atoms with Crippen molar-refractivity contribution >= 4 is 17.6 Å². The molecule has 1 heterocycles. The normalized spacial score (nSPS) is 10.3. The van der Waals surface area contributed by atoms with Gasteiger partial charge in [-0.05, 0) is 12.1 Å². The second-order valence-electron chi connectivity index (χ2n) is 2.17. The van der Waals surface area contributed by atoms with Crippen LogP contribution in [0.25, 0.3) is 0 Å². The van der Waals surface area contributed by atoms with E-state index in [2.05, 4.69) is 9.72 Å². The summed E-state index contributed by atoms with van der Waals surface area (Å²) in [6.45, 7) is -3.02. The first-order valence-electron chi connectivity index (χ1n) is 3.35. The van der Waals surface area contributed by atoms with Crippen LogP contribution in [0.2, 0.25) is 5.15 Å². The largest absolute Gasteiger partial charge is 0.477 e. The van der Waals surface area contributed by atoms with Crippen LogP contribution in [0.3, 0.4) is 0 Å². The van der Waals surface area contributed by atoms with Crippen molar-refractivity contribution in [2.24, 2.45) is 0 Å². The third kappa shape index (κ3) is 2.53. The highest BCUT2D eigenvalue weighted by Crippen LogP contribution is 2.23. The van der Waals surface area contributed by atoms with Crippen molar-refractivity contribution < 1.29 is 23.4 Å². The molecule has 0 aliphatic heterocycles. The molecule has 76 valence electrons. The molecule has 0 saturated carbocycles. The highest BCUT2D eigenvalue weighted by molar-refractivity contribution is 6.31. The van der Waals surface area contributed by atoms with E-state index < -0.39 is 17.7 Å². The molecule has 0 saturated heterocycles. The highest BCUT2D eigenvalue weighted by atomic mass is 35.5. The van der Waals surface area contributed by atoms with Crippen LogP contribution in [0.15, 0.2) is 12.1 Å². The number of pyridine rings is 1. The molecular formula is C7H4ClF2NO3. The van der Waals surface area contributed by atoms with Gasteiger partial charge in [0.05, 0.1) is 0 Å². The van der Waals surface area contributed by atoms with Crippen LogP contribution in [0.5, 0.6) is 5.75 Å². The van der Waals surface area contributed by atoms with Crippen molar-refractivity contribution in [1.29, 1.82) is 0 Å². The number of aromatic nitrogens is 1. The summed E-state index contributed by atoms with van der Waals surface area (Å²) < 4.78 is 27.4. The van der Waals surface area contributed by atoms with E-state index in [0.29, 0.717) is 0 Å². The lowest BCUT2D eigenvalue weighted by Crippen LogP contribution is -2.05. The standard InChI is InChI=1S/C7H4ClF2NO3/c8-5-4(14-7(9)10)2-1-3(11-5)6(12)13/h1-2,7H,(H,12,13). The fraction of sp³-hybridized carbons (Fsp3) is 0.143. The molecule has 0 atom stereocenters. The Hall–Kier alpha value is -1.43. The second kappa shape index (κ2) is 4.19. The van der Waals surface area contributed by atoms with Crippen molar-refractivity contribution in [2.75, 3.05) is 0 Å². The monoisotopic (exact) mass is 223 g/mol. The van der Waals surface area contributed by atoms with Crippen LogP contribution in [0.1, 0.15) is 10.5 Å². The average Bonchev–Trinajstić information content (AvgIpc) is 2.07. The van der Waals surface area contributed by atoms with E-state index in [0.717, 1.165) is 12.1 Å². The van der Waals surface area contributed by atoms with Gasteiger partial charge in [-0.2, -0.15) is 8.78 Å². The Bertz CT molecular complexity index is 359. The van der Waals surface area contributed by atoms with Gasteiger partial charge in [-0.15, -0.1) is 0 Å². The number of ether oxygens (including phenoxy) is 1. The topological polar surface area (TPSA) is 59.4 Å². The average molecular weight is 224 g/mol. The Labute approximate surface area is 82.1 Å². The summed E-state index contributed by atoms with van der Waals surface area (Å²) in [5, 5.41) is 8.06. The zero-order valence-electron chi connectivity index (χ0n) is 6.58. The Morgan fingerprint density at radius 2 is 2.21 bits per heavy atom. The molecule has 0 spiro atoms. The van der Waals surface area contributed by atoms with Crippen molar-refractivity contribution in [3.8, 4) is 5.75 Å². The highest BCUT2D eigenvalue weighted by Gasteiger charge is 2.12. The Balaban J connectivity index is 2.95. The van der Waals surface area contributed by atoms with Crippen molar-refractivity contribution in [3.05, 3.63) is 23.0 Å². The van der Waals surface area contributed by atoms with Gasteiger partial charge in [-0.1, -0.05) is 11.6 Å². The number of carboxylic acid groups (broad SMARTS) is 1. The summed E-state index contributed by atoms with van der Waals surface area (Å²) in [5.41, 5.74) is -0.336. The summed E-state index contributed by atoms with van der Waals surface area (Å²) in [5.74, 6) is -1.65. The Morgan fingerprint density at radius 1 is 1.57 bits per heavy atom. The Kier molecular flexibility index (Phi) is 3.19. The number of hydrogen-bond acceptors (Lipinski definition) is 3. The molecule has 0 aliphatic rings. The number of alkyl halides is 2. The van der Waals surface area contributed by atoms with Crippen LogP contribution in [-0.2, 0) is 0 Å². The first kappa shape index (κ1) is 10.6. The minimum Gasteiger partial charge on any atom is -0.477 e. The predicted molar refractivity (Wildman–Crippen MR) is 42.8 cm³/mol. The Morgan fingerprint density at radius 3 is 2.64 bits per heavy atom. The fourth-order valence-electron chi connectivity index (χ4n) is 0.724. The van der Waals surface area contributed by atoms with E-state index >= 15 is 0 Å². The molecule has 0 unspecified atom stereocenters. The zero-order chi connectivity index (χ0) is 10.7. The van der Waals surface area contributed by atoms with Gasteiger partial charge in [-0.25, -0.2) is 9.78 Å². The van der Waals surface area contributed by atoms with Gasteiger partial charge in [0, 0.05) is 0 Å². The van der Waals surface area contributed by atoms with Crippen LogP contribution in [0, 0.1) is 0 Å². The fourth-order valence-corrected chi connectivity index (χ4v) is 0.923. The molecule has 7 heteroatoms. The number of hydrogen-bond donors (Lipinski definition) is 1. The predicted octanol–water partition coefficient (Wildman–Crippen LogP) is 2.03. The molecule has 1 N–H and O–H groups in total. The molecule has 0 radical (unpaired) electrons. The van der Waals surface area contributed by atoms with E-state index in [9.17, 15) is 13.6 Å². The smallest absolute Gasteiger partial charge is 0.387 e. The van der Waals surface area contributed by atoms with Gasteiger partial charge in [0.1, 0.15) is 5.69 Å². The first-order valence-corrected chi connectivity index (χ1v) is 3.73. The molecule has 0 aromatic carbocycles. The van der Waals surface area contributed by atoms with Gasteiger partial charge in [0.2, 0.25) is 0 Å². The molecule has 0 bridgehead atoms. The van der Waals surface area contributed by atoms with Crippen LogP contribution < -0.4 is 4.74 Å². The van der Waals surface area contributed by atoms with Crippen molar-refractivity contribution in [1.82, 2.24) is 4.98 Å². The van der Waals surface area contributed by atoms with Gasteiger partial charge in [-0.3, -0.25) is 0 Å². The van der Waals surface area contributed by atoms with Crippen molar-refractivity contribution in [3.63, 3.8) is 0 Å². The number of rotatable bonds is 3. The lowest BCUT2D eigenvalue weighted by atomic mass is 10.3.